The van der Waals surface area contributed by atoms with Crippen LogP contribution in [0.4, 0.5) is 0 Å². The Bertz CT molecular complexity index is 793. The standard InChI is InChI=1S/C20H21Cl2NO3S/c1-13-5-3-6-14(11-13)19(24)23-18(9-10-27-2)20(25)26-12-15-16(21)7-4-8-17(15)22/h3-8,11,18H,9-10,12H2,1-2H3,(H,23,24)/t18-/m0/s1. The molecule has 0 fully saturated rings. The zero-order chi connectivity index (χ0) is 19.8. The summed E-state index contributed by atoms with van der Waals surface area (Å²) in [6, 6.07) is 11.5. The third-order valence-corrected chi connectivity index (χ3v) is 5.25. The van der Waals surface area contributed by atoms with Crippen LogP contribution in [0.5, 0.6) is 0 Å². The molecule has 0 spiro atoms. The normalized spacial score (nSPS) is 11.7. The molecular formula is C20H21Cl2NO3S. The maximum Gasteiger partial charge on any atom is 0.329 e. The van der Waals surface area contributed by atoms with Crippen molar-refractivity contribution in [1.29, 1.82) is 0 Å². The van der Waals surface area contributed by atoms with Gasteiger partial charge in [-0.2, -0.15) is 11.8 Å². The monoisotopic (exact) mass is 425 g/mol. The molecule has 0 bridgehead atoms. The number of carbonyl (C=O) groups excluding carboxylic acids is 2. The van der Waals surface area contributed by atoms with Crippen molar-refractivity contribution in [3.8, 4) is 0 Å². The number of rotatable bonds is 8. The van der Waals surface area contributed by atoms with Gasteiger partial charge in [0.15, 0.2) is 0 Å². The van der Waals surface area contributed by atoms with Gasteiger partial charge in [-0.05, 0) is 49.6 Å². The van der Waals surface area contributed by atoms with Crippen LogP contribution in [0, 0.1) is 6.92 Å². The molecule has 2 aromatic carbocycles. The average molecular weight is 426 g/mol. The maximum absolute atomic E-state index is 12.5. The summed E-state index contributed by atoms with van der Waals surface area (Å²) < 4.78 is 5.38. The van der Waals surface area contributed by atoms with Gasteiger partial charge in [0.1, 0.15) is 12.6 Å². The Morgan fingerprint density at radius 1 is 1.15 bits per heavy atom. The fourth-order valence-electron chi connectivity index (χ4n) is 2.43. The van der Waals surface area contributed by atoms with Crippen LogP contribution in [-0.4, -0.2) is 29.9 Å². The Labute approximate surface area is 173 Å². The first-order chi connectivity index (χ1) is 12.9. The maximum atomic E-state index is 12.5. The highest BCUT2D eigenvalue weighted by Crippen LogP contribution is 2.25. The number of halogens is 2. The summed E-state index contributed by atoms with van der Waals surface area (Å²) in [4.78, 5) is 25.0. The van der Waals surface area contributed by atoms with Crippen LogP contribution in [-0.2, 0) is 16.1 Å². The predicted octanol–water partition coefficient (Wildman–Crippen LogP) is 4.90. The van der Waals surface area contributed by atoms with Crippen molar-refractivity contribution in [3.63, 3.8) is 0 Å². The molecule has 0 aromatic heterocycles. The SMILES string of the molecule is CSCC[C@H](NC(=O)c1cccc(C)c1)C(=O)OCc1c(Cl)cccc1Cl. The Morgan fingerprint density at radius 2 is 1.81 bits per heavy atom. The molecule has 1 atom stereocenters. The Kier molecular flexibility index (Phi) is 8.48. The van der Waals surface area contributed by atoms with E-state index in [9.17, 15) is 9.59 Å². The fourth-order valence-corrected chi connectivity index (χ4v) is 3.40. The first-order valence-corrected chi connectivity index (χ1v) is 10.5. The molecule has 0 radical (unpaired) electrons. The summed E-state index contributed by atoms with van der Waals surface area (Å²) in [5.41, 5.74) is 2.02. The molecule has 1 N–H and O–H groups in total. The van der Waals surface area contributed by atoms with E-state index >= 15 is 0 Å². The molecule has 1 amide bonds. The molecular weight excluding hydrogens is 405 g/mol. The Hall–Kier alpha value is -1.69. The average Bonchev–Trinajstić information content (AvgIpc) is 2.64. The van der Waals surface area contributed by atoms with E-state index in [1.54, 1.807) is 48.2 Å². The topological polar surface area (TPSA) is 55.4 Å². The van der Waals surface area contributed by atoms with Crippen LogP contribution in [0.2, 0.25) is 10.0 Å². The molecule has 0 saturated heterocycles. The van der Waals surface area contributed by atoms with Crippen molar-refractivity contribution < 1.29 is 14.3 Å². The van der Waals surface area contributed by atoms with Gasteiger partial charge in [0.25, 0.3) is 5.91 Å². The first-order valence-electron chi connectivity index (χ1n) is 8.38. The van der Waals surface area contributed by atoms with E-state index < -0.39 is 12.0 Å². The molecule has 0 aliphatic rings. The second-order valence-electron chi connectivity index (χ2n) is 5.98. The minimum absolute atomic E-state index is 0.0482. The van der Waals surface area contributed by atoms with E-state index in [2.05, 4.69) is 5.32 Å². The van der Waals surface area contributed by atoms with Crippen molar-refractivity contribution >= 4 is 46.8 Å². The number of hydrogen-bond donors (Lipinski definition) is 1. The quantitative estimate of drug-likeness (QED) is 0.611. The van der Waals surface area contributed by atoms with Gasteiger partial charge in [0.2, 0.25) is 0 Å². The van der Waals surface area contributed by atoms with Crippen molar-refractivity contribution in [3.05, 3.63) is 69.2 Å². The lowest BCUT2D eigenvalue weighted by Gasteiger charge is -2.18. The van der Waals surface area contributed by atoms with E-state index in [1.165, 1.54) is 0 Å². The van der Waals surface area contributed by atoms with Gasteiger partial charge in [0.05, 0.1) is 0 Å². The van der Waals surface area contributed by atoms with E-state index in [0.29, 0.717) is 33.3 Å². The molecule has 0 aliphatic carbocycles. The number of carbonyl (C=O) groups is 2. The summed E-state index contributed by atoms with van der Waals surface area (Å²) in [7, 11) is 0. The molecule has 0 aliphatic heterocycles. The van der Waals surface area contributed by atoms with Crippen LogP contribution in [0.15, 0.2) is 42.5 Å². The van der Waals surface area contributed by atoms with E-state index in [-0.39, 0.29) is 12.5 Å². The zero-order valence-corrected chi connectivity index (χ0v) is 17.5. The van der Waals surface area contributed by atoms with E-state index in [0.717, 1.165) is 5.56 Å². The first kappa shape index (κ1) is 21.6. The van der Waals surface area contributed by atoms with E-state index in [4.69, 9.17) is 27.9 Å². The number of benzene rings is 2. The van der Waals surface area contributed by atoms with Gasteiger partial charge in [-0.3, -0.25) is 4.79 Å². The molecule has 2 rings (SSSR count). The third kappa shape index (κ3) is 6.45. The van der Waals surface area contributed by atoms with Gasteiger partial charge in [-0.15, -0.1) is 0 Å². The highest BCUT2D eigenvalue weighted by Gasteiger charge is 2.23. The lowest BCUT2D eigenvalue weighted by molar-refractivity contribution is -0.147. The molecule has 4 nitrogen and oxygen atoms in total. The summed E-state index contributed by atoms with van der Waals surface area (Å²) in [5.74, 6) is -0.112. The van der Waals surface area contributed by atoms with Gasteiger partial charge in [-0.1, -0.05) is 47.0 Å². The number of esters is 1. The van der Waals surface area contributed by atoms with Crippen LogP contribution < -0.4 is 5.32 Å². The third-order valence-electron chi connectivity index (χ3n) is 3.90. The van der Waals surface area contributed by atoms with Crippen LogP contribution >= 0.6 is 35.0 Å². The second-order valence-corrected chi connectivity index (χ2v) is 7.78. The molecule has 27 heavy (non-hydrogen) atoms. The Morgan fingerprint density at radius 3 is 2.44 bits per heavy atom. The lowest BCUT2D eigenvalue weighted by atomic mass is 10.1. The van der Waals surface area contributed by atoms with Gasteiger partial charge in [-0.25, -0.2) is 4.79 Å². The van der Waals surface area contributed by atoms with Gasteiger partial charge < -0.3 is 10.1 Å². The lowest BCUT2D eigenvalue weighted by Crippen LogP contribution is -2.42. The van der Waals surface area contributed by atoms with Crippen molar-refractivity contribution in [2.75, 3.05) is 12.0 Å². The minimum Gasteiger partial charge on any atom is -0.459 e. The number of thioether (sulfide) groups is 1. The van der Waals surface area contributed by atoms with Crippen LogP contribution in [0.25, 0.3) is 0 Å². The van der Waals surface area contributed by atoms with Crippen molar-refractivity contribution in [1.82, 2.24) is 5.32 Å². The predicted molar refractivity (Wildman–Crippen MR) is 112 cm³/mol. The number of nitrogens with one attached hydrogen (secondary N) is 1. The minimum atomic E-state index is -0.744. The molecule has 2 aromatic rings. The molecule has 144 valence electrons. The summed E-state index contributed by atoms with van der Waals surface area (Å²) >= 11 is 13.8. The Balaban J connectivity index is 2.05. The van der Waals surface area contributed by atoms with Crippen LogP contribution in [0.3, 0.4) is 0 Å². The largest absolute Gasteiger partial charge is 0.459 e. The molecule has 7 heteroatoms. The zero-order valence-electron chi connectivity index (χ0n) is 15.1. The van der Waals surface area contributed by atoms with Crippen LogP contribution in [0.1, 0.15) is 27.9 Å². The number of hydrogen-bond acceptors (Lipinski definition) is 4. The van der Waals surface area contributed by atoms with Crippen molar-refractivity contribution in [2.24, 2.45) is 0 Å². The molecule has 0 unspecified atom stereocenters. The smallest absolute Gasteiger partial charge is 0.329 e. The second kappa shape index (κ2) is 10.6. The van der Waals surface area contributed by atoms with Crippen molar-refractivity contribution in [2.45, 2.75) is 26.0 Å². The summed E-state index contributed by atoms with van der Waals surface area (Å²) in [5, 5.41) is 3.63. The van der Waals surface area contributed by atoms with Gasteiger partial charge in [0, 0.05) is 21.2 Å². The van der Waals surface area contributed by atoms with Gasteiger partial charge >= 0.3 is 5.97 Å². The summed E-state index contributed by atoms with van der Waals surface area (Å²) in [6.07, 6.45) is 2.40. The molecule has 0 saturated carbocycles. The highest BCUT2D eigenvalue weighted by atomic mass is 35.5. The summed E-state index contributed by atoms with van der Waals surface area (Å²) in [6.45, 7) is 1.86. The number of amides is 1. The molecule has 0 heterocycles. The number of ether oxygens (including phenoxy) is 1. The van der Waals surface area contributed by atoms with E-state index in [1.807, 2.05) is 19.2 Å². The highest BCUT2D eigenvalue weighted by molar-refractivity contribution is 7.98. The fraction of sp³-hybridized carbons (Fsp3) is 0.300. The number of aryl methyl sites for hydroxylation is 1.